The monoisotopic (exact) mass is 423 g/mol. The van der Waals surface area contributed by atoms with E-state index in [-0.39, 0.29) is 23.6 Å². The number of amides is 1. The van der Waals surface area contributed by atoms with Gasteiger partial charge in [-0.25, -0.2) is 0 Å². The van der Waals surface area contributed by atoms with Gasteiger partial charge in [-0.3, -0.25) is 19.7 Å². The molecule has 8 heteroatoms. The molecule has 3 rings (SSSR count). The number of likely N-dealkylation sites (tertiary alicyclic amines) is 1. The first kappa shape index (κ1) is 22.2. The smallest absolute Gasteiger partial charge is 0.295 e. The SMILES string of the molecule is Cc1ccc(C(O)=C2C(=O)C(=O)N(CCCN(C)C)[C@@H]2c2cccc([N+](=O)[O-])c2)cc1. The summed E-state index contributed by atoms with van der Waals surface area (Å²) in [5.41, 5.74) is 1.60. The Kier molecular flexibility index (Phi) is 6.50. The number of nitro benzene ring substituents is 1. The van der Waals surface area contributed by atoms with Gasteiger partial charge in [0.25, 0.3) is 17.4 Å². The van der Waals surface area contributed by atoms with Gasteiger partial charge in [-0.2, -0.15) is 0 Å². The molecule has 162 valence electrons. The van der Waals surface area contributed by atoms with Gasteiger partial charge in [-0.15, -0.1) is 0 Å². The van der Waals surface area contributed by atoms with E-state index in [4.69, 9.17) is 0 Å². The number of carbonyl (C=O) groups excluding carboxylic acids is 2. The van der Waals surface area contributed by atoms with Crippen molar-refractivity contribution in [3.8, 4) is 0 Å². The van der Waals surface area contributed by atoms with Crippen molar-refractivity contribution in [2.24, 2.45) is 0 Å². The lowest BCUT2D eigenvalue weighted by molar-refractivity contribution is -0.384. The number of aliphatic hydroxyl groups is 1. The number of nitro groups is 1. The number of nitrogens with zero attached hydrogens (tertiary/aromatic N) is 3. The number of carbonyl (C=O) groups is 2. The number of aliphatic hydroxyl groups excluding tert-OH is 1. The van der Waals surface area contributed by atoms with Gasteiger partial charge in [0.2, 0.25) is 0 Å². The maximum Gasteiger partial charge on any atom is 0.295 e. The molecule has 0 aliphatic carbocycles. The minimum absolute atomic E-state index is 0.0563. The summed E-state index contributed by atoms with van der Waals surface area (Å²) in [4.78, 5) is 39.9. The van der Waals surface area contributed by atoms with Crippen molar-refractivity contribution in [1.82, 2.24) is 9.80 Å². The van der Waals surface area contributed by atoms with Crippen molar-refractivity contribution in [2.75, 3.05) is 27.2 Å². The fraction of sp³-hybridized carbons (Fsp3) is 0.304. The molecule has 1 amide bonds. The van der Waals surface area contributed by atoms with Crippen LogP contribution in [0.2, 0.25) is 0 Å². The fourth-order valence-electron chi connectivity index (χ4n) is 3.69. The number of aryl methyl sites for hydroxylation is 1. The maximum atomic E-state index is 12.9. The van der Waals surface area contributed by atoms with E-state index in [9.17, 15) is 24.8 Å². The van der Waals surface area contributed by atoms with Crippen LogP contribution in [0.1, 0.15) is 29.2 Å². The molecule has 1 saturated heterocycles. The van der Waals surface area contributed by atoms with E-state index < -0.39 is 22.7 Å². The second-order valence-corrected chi connectivity index (χ2v) is 7.87. The summed E-state index contributed by atoms with van der Waals surface area (Å²) in [7, 11) is 3.81. The Labute approximate surface area is 180 Å². The largest absolute Gasteiger partial charge is 0.507 e. The highest BCUT2D eigenvalue weighted by atomic mass is 16.6. The van der Waals surface area contributed by atoms with Gasteiger partial charge < -0.3 is 14.9 Å². The zero-order valence-corrected chi connectivity index (χ0v) is 17.7. The van der Waals surface area contributed by atoms with Crippen LogP contribution < -0.4 is 0 Å². The normalized spacial score (nSPS) is 18.1. The number of Topliss-reactive ketones (excluding diaryl/α,β-unsaturated/α-hetero) is 1. The minimum atomic E-state index is -0.900. The van der Waals surface area contributed by atoms with Crippen molar-refractivity contribution in [1.29, 1.82) is 0 Å². The lowest BCUT2D eigenvalue weighted by atomic mass is 9.94. The van der Waals surface area contributed by atoms with Crippen LogP contribution in [0.3, 0.4) is 0 Å². The first-order valence-corrected chi connectivity index (χ1v) is 9.95. The molecule has 0 unspecified atom stereocenters. The number of non-ortho nitro benzene ring substituents is 1. The van der Waals surface area contributed by atoms with E-state index in [1.165, 1.54) is 23.1 Å². The first-order chi connectivity index (χ1) is 14.7. The Morgan fingerprint density at radius 2 is 1.84 bits per heavy atom. The molecule has 1 N–H and O–H groups in total. The van der Waals surface area contributed by atoms with E-state index in [1.54, 1.807) is 30.3 Å². The number of benzene rings is 2. The molecule has 2 aromatic carbocycles. The van der Waals surface area contributed by atoms with Gasteiger partial charge in [-0.05, 0) is 39.5 Å². The Hall–Kier alpha value is -3.52. The van der Waals surface area contributed by atoms with Crippen LogP contribution in [-0.2, 0) is 9.59 Å². The van der Waals surface area contributed by atoms with Crippen LogP contribution in [0, 0.1) is 17.0 Å². The third-order valence-electron chi connectivity index (χ3n) is 5.27. The summed E-state index contributed by atoms with van der Waals surface area (Å²) in [5, 5.41) is 22.3. The molecule has 31 heavy (non-hydrogen) atoms. The lowest BCUT2D eigenvalue weighted by Crippen LogP contribution is -2.32. The van der Waals surface area contributed by atoms with Gasteiger partial charge in [-0.1, -0.05) is 42.0 Å². The average molecular weight is 423 g/mol. The van der Waals surface area contributed by atoms with Gasteiger partial charge in [0.05, 0.1) is 16.5 Å². The molecule has 8 nitrogen and oxygen atoms in total. The van der Waals surface area contributed by atoms with E-state index in [0.29, 0.717) is 24.1 Å². The van der Waals surface area contributed by atoms with E-state index in [0.717, 1.165) is 5.56 Å². The molecule has 2 aromatic rings. The third-order valence-corrected chi connectivity index (χ3v) is 5.27. The van der Waals surface area contributed by atoms with Crippen LogP contribution in [0.25, 0.3) is 5.76 Å². The lowest BCUT2D eigenvalue weighted by Gasteiger charge is -2.25. The molecule has 0 aromatic heterocycles. The summed E-state index contributed by atoms with van der Waals surface area (Å²) < 4.78 is 0. The van der Waals surface area contributed by atoms with Gasteiger partial charge in [0.1, 0.15) is 5.76 Å². The van der Waals surface area contributed by atoms with Gasteiger partial charge in [0.15, 0.2) is 0 Å². The summed E-state index contributed by atoms with van der Waals surface area (Å²) in [6.45, 7) is 2.88. The van der Waals surface area contributed by atoms with Crippen molar-refractivity contribution in [3.63, 3.8) is 0 Å². The number of hydrogen-bond acceptors (Lipinski definition) is 6. The van der Waals surface area contributed by atoms with Crippen LogP contribution in [0.5, 0.6) is 0 Å². The molecule has 0 radical (unpaired) electrons. The molecule has 1 atom stereocenters. The highest BCUT2D eigenvalue weighted by Gasteiger charge is 2.46. The van der Waals surface area contributed by atoms with Crippen LogP contribution in [0.15, 0.2) is 54.1 Å². The van der Waals surface area contributed by atoms with Crippen molar-refractivity contribution >= 4 is 23.1 Å². The zero-order valence-electron chi connectivity index (χ0n) is 17.7. The number of hydrogen-bond donors (Lipinski definition) is 1. The summed E-state index contributed by atoms with van der Waals surface area (Å²) in [6, 6.07) is 11.9. The number of rotatable bonds is 7. The average Bonchev–Trinajstić information content (AvgIpc) is 2.98. The molecule has 1 heterocycles. The molecule has 0 bridgehead atoms. The number of ketones is 1. The summed E-state index contributed by atoms with van der Waals surface area (Å²) in [6.07, 6.45) is 0.607. The molecule has 1 fully saturated rings. The second kappa shape index (κ2) is 9.09. The first-order valence-electron chi connectivity index (χ1n) is 9.95. The zero-order chi connectivity index (χ0) is 22.7. The predicted octanol–water partition coefficient (Wildman–Crippen LogP) is 3.28. The van der Waals surface area contributed by atoms with Crippen molar-refractivity contribution < 1.29 is 19.6 Å². The Bertz CT molecular complexity index is 1040. The van der Waals surface area contributed by atoms with E-state index in [2.05, 4.69) is 0 Å². The van der Waals surface area contributed by atoms with Gasteiger partial charge in [0, 0.05) is 24.2 Å². The van der Waals surface area contributed by atoms with Crippen molar-refractivity contribution in [3.05, 3.63) is 80.9 Å². The summed E-state index contributed by atoms with van der Waals surface area (Å²) >= 11 is 0. The minimum Gasteiger partial charge on any atom is -0.507 e. The molecule has 0 saturated carbocycles. The molecule has 1 aliphatic rings. The molecular formula is C23H25N3O5. The second-order valence-electron chi connectivity index (χ2n) is 7.87. The maximum absolute atomic E-state index is 12.9. The van der Waals surface area contributed by atoms with Crippen LogP contribution in [-0.4, -0.2) is 58.7 Å². The Morgan fingerprint density at radius 1 is 1.16 bits per heavy atom. The van der Waals surface area contributed by atoms with Crippen LogP contribution in [0.4, 0.5) is 5.69 Å². The Morgan fingerprint density at radius 3 is 2.45 bits per heavy atom. The van der Waals surface area contributed by atoms with Crippen molar-refractivity contribution in [2.45, 2.75) is 19.4 Å². The van der Waals surface area contributed by atoms with Gasteiger partial charge >= 0.3 is 0 Å². The molecule has 0 spiro atoms. The topological polar surface area (TPSA) is 104 Å². The molecule has 1 aliphatic heterocycles. The van der Waals surface area contributed by atoms with E-state index in [1.807, 2.05) is 25.9 Å². The Balaban J connectivity index is 2.13. The predicted molar refractivity (Wildman–Crippen MR) is 116 cm³/mol. The quantitative estimate of drug-likeness (QED) is 0.241. The highest BCUT2D eigenvalue weighted by molar-refractivity contribution is 6.46. The molecular weight excluding hydrogens is 398 g/mol. The van der Waals surface area contributed by atoms with E-state index >= 15 is 0 Å². The standard InChI is InChI=1S/C23H25N3O5/c1-15-8-10-16(11-9-15)21(27)19-20(17-6-4-7-18(14-17)26(30)31)25(23(29)22(19)28)13-5-12-24(2)3/h4,6-11,14,20,27H,5,12-13H2,1-3H3/t20-/m1/s1. The third kappa shape index (κ3) is 4.64. The fourth-order valence-corrected chi connectivity index (χ4v) is 3.69. The summed E-state index contributed by atoms with van der Waals surface area (Å²) in [5.74, 6) is -1.80. The van der Waals surface area contributed by atoms with Crippen LogP contribution >= 0.6 is 0 Å². The highest BCUT2D eigenvalue weighted by Crippen LogP contribution is 2.40.